The third-order valence-corrected chi connectivity index (χ3v) is 5.77. The minimum atomic E-state index is -5.19. The summed E-state index contributed by atoms with van der Waals surface area (Å²) in [6, 6.07) is 4.47. The van der Waals surface area contributed by atoms with E-state index < -0.39 is 36.0 Å². The number of benzene rings is 1. The number of rotatable bonds is 4. The quantitative estimate of drug-likeness (QED) is 0.491. The van der Waals surface area contributed by atoms with Gasteiger partial charge in [0.05, 0.1) is 6.04 Å². The van der Waals surface area contributed by atoms with E-state index in [0.29, 0.717) is 17.1 Å². The topological polar surface area (TPSA) is 77.9 Å². The zero-order valence-corrected chi connectivity index (χ0v) is 17.9. The monoisotopic (exact) mass is 493 g/mol. The van der Waals surface area contributed by atoms with E-state index in [-0.39, 0.29) is 25.5 Å². The van der Waals surface area contributed by atoms with E-state index in [0.717, 1.165) is 16.5 Å². The number of hydrogen-bond donors (Lipinski definition) is 2. The molecular formula is C20H18ClF6N5O. The Morgan fingerprint density at radius 2 is 1.76 bits per heavy atom. The van der Waals surface area contributed by atoms with E-state index in [1.807, 2.05) is 0 Å². The molecule has 1 aromatic carbocycles. The molecule has 0 bridgehead atoms. The second-order valence-electron chi connectivity index (χ2n) is 7.97. The molecule has 1 aliphatic rings. The first-order valence-corrected chi connectivity index (χ1v) is 10.3. The number of aliphatic hydroxyl groups excluding tert-OH is 1. The zero-order chi connectivity index (χ0) is 24.1. The van der Waals surface area contributed by atoms with Gasteiger partial charge in [0.1, 0.15) is 0 Å². The van der Waals surface area contributed by atoms with Gasteiger partial charge in [0.15, 0.2) is 0 Å². The van der Waals surface area contributed by atoms with Crippen LogP contribution in [0, 0.1) is 5.92 Å². The van der Waals surface area contributed by atoms with Crippen molar-refractivity contribution in [2.75, 3.05) is 18.1 Å². The van der Waals surface area contributed by atoms with Crippen molar-refractivity contribution < 1.29 is 31.4 Å². The summed E-state index contributed by atoms with van der Waals surface area (Å²) in [5, 5.41) is 10.9. The lowest BCUT2D eigenvalue weighted by Gasteiger charge is -2.37. The Balaban J connectivity index is 1.87. The van der Waals surface area contributed by atoms with Crippen molar-refractivity contribution in [3.8, 4) is 0 Å². The number of aromatic amines is 1. The van der Waals surface area contributed by atoms with Crippen LogP contribution in [0.2, 0.25) is 5.02 Å². The summed E-state index contributed by atoms with van der Waals surface area (Å²) >= 11 is 6.11. The molecule has 0 radical (unpaired) electrons. The molecule has 3 heterocycles. The van der Waals surface area contributed by atoms with Crippen LogP contribution < -0.4 is 4.90 Å². The van der Waals surface area contributed by atoms with Crippen LogP contribution in [0.5, 0.6) is 0 Å². The van der Waals surface area contributed by atoms with Crippen molar-refractivity contribution in [2.24, 2.45) is 5.92 Å². The molecule has 0 unspecified atom stereocenters. The first-order chi connectivity index (χ1) is 15.4. The van der Waals surface area contributed by atoms with Gasteiger partial charge in [-0.3, -0.25) is 0 Å². The molecule has 0 fully saturated rings. The van der Waals surface area contributed by atoms with Crippen LogP contribution in [0.3, 0.4) is 0 Å². The molecule has 1 aliphatic heterocycles. The third-order valence-electron chi connectivity index (χ3n) is 5.54. The van der Waals surface area contributed by atoms with Crippen LogP contribution in [0.25, 0.3) is 10.9 Å². The van der Waals surface area contributed by atoms with Crippen molar-refractivity contribution in [3.05, 3.63) is 46.1 Å². The standard InChI is InChI=1S/C20H18ClF6N5O/c1-9(8-33)6-14-15-11(12-7-10(21)2-3-13(12)28-15)4-5-32(14)18-30-16(19(22,23)24)29-17(31-18)20(25,26)27/h2-3,7,9,14,28,33H,4-6,8H2,1H3/t9-,14+/m1/s1. The molecule has 13 heteroatoms. The van der Waals surface area contributed by atoms with Gasteiger partial charge in [-0.2, -0.15) is 36.3 Å². The second-order valence-corrected chi connectivity index (χ2v) is 8.40. The lowest BCUT2D eigenvalue weighted by molar-refractivity contribution is -0.155. The first-order valence-electron chi connectivity index (χ1n) is 9.96. The molecule has 0 aliphatic carbocycles. The molecule has 0 saturated carbocycles. The van der Waals surface area contributed by atoms with Gasteiger partial charge in [-0.1, -0.05) is 18.5 Å². The van der Waals surface area contributed by atoms with Gasteiger partial charge in [-0.15, -0.1) is 0 Å². The zero-order valence-electron chi connectivity index (χ0n) is 17.1. The van der Waals surface area contributed by atoms with Gasteiger partial charge in [-0.25, -0.2) is 4.98 Å². The van der Waals surface area contributed by atoms with Crippen molar-refractivity contribution in [1.29, 1.82) is 0 Å². The molecule has 33 heavy (non-hydrogen) atoms. The molecule has 2 atom stereocenters. The molecule has 0 amide bonds. The van der Waals surface area contributed by atoms with Crippen LogP contribution in [0.15, 0.2) is 18.2 Å². The van der Waals surface area contributed by atoms with Crippen molar-refractivity contribution in [3.63, 3.8) is 0 Å². The van der Waals surface area contributed by atoms with Gasteiger partial charge in [-0.05, 0) is 42.5 Å². The lowest BCUT2D eigenvalue weighted by Crippen LogP contribution is -2.39. The van der Waals surface area contributed by atoms with E-state index in [2.05, 4.69) is 19.9 Å². The normalized spacial score (nSPS) is 18.0. The number of nitrogens with one attached hydrogen (secondary N) is 1. The number of alkyl halides is 6. The van der Waals surface area contributed by atoms with Crippen molar-refractivity contribution in [1.82, 2.24) is 19.9 Å². The maximum absolute atomic E-state index is 13.3. The van der Waals surface area contributed by atoms with Crippen molar-refractivity contribution in [2.45, 2.75) is 38.2 Å². The van der Waals surface area contributed by atoms with E-state index >= 15 is 0 Å². The number of hydrogen-bond acceptors (Lipinski definition) is 5. The van der Waals surface area contributed by atoms with Crippen molar-refractivity contribution >= 4 is 28.5 Å². The lowest BCUT2D eigenvalue weighted by atomic mass is 9.91. The average molecular weight is 494 g/mol. The highest BCUT2D eigenvalue weighted by molar-refractivity contribution is 6.31. The third kappa shape index (κ3) is 4.58. The van der Waals surface area contributed by atoms with Gasteiger partial charge >= 0.3 is 12.4 Å². The van der Waals surface area contributed by atoms with Crippen LogP contribution >= 0.6 is 11.6 Å². The number of aromatic nitrogens is 4. The number of halogens is 7. The largest absolute Gasteiger partial charge is 0.451 e. The van der Waals surface area contributed by atoms with Gasteiger partial charge in [0.25, 0.3) is 0 Å². The van der Waals surface area contributed by atoms with Crippen LogP contribution in [0.4, 0.5) is 32.3 Å². The molecule has 0 spiro atoms. The molecule has 6 nitrogen and oxygen atoms in total. The fraction of sp³-hybridized carbons (Fsp3) is 0.450. The number of nitrogens with zero attached hydrogens (tertiary/aromatic N) is 4. The Morgan fingerprint density at radius 3 is 2.33 bits per heavy atom. The molecule has 2 N–H and O–H groups in total. The molecule has 0 saturated heterocycles. The maximum Gasteiger partial charge on any atom is 0.451 e. The molecule has 4 rings (SSSR count). The number of H-pyrrole nitrogens is 1. The molecule has 178 valence electrons. The smallest absolute Gasteiger partial charge is 0.396 e. The Bertz CT molecular complexity index is 1150. The molecule has 2 aromatic heterocycles. The predicted molar refractivity (Wildman–Crippen MR) is 108 cm³/mol. The SMILES string of the molecule is C[C@@H](CO)C[C@H]1c2[nH]c3ccc(Cl)cc3c2CCN1c1nc(C(F)(F)F)nc(C(F)(F)F)n1. The summed E-state index contributed by atoms with van der Waals surface area (Å²) in [6.45, 7) is 1.57. The number of aliphatic hydroxyl groups is 1. The highest BCUT2D eigenvalue weighted by Crippen LogP contribution is 2.41. The average Bonchev–Trinajstić information content (AvgIpc) is 3.10. The summed E-state index contributed by atoms with van der Waals surface area (Å²) in [4.78, 5) is 13.8. The highest BCUT2D eigenvalue weighted by Gasteiger charge is 2.43. The van der Waals surface area contributed by atoms with E-state index in [1.165, 1.54) is 4.90 Å². The fourth-order valence-electron chi connectivity index (χ4n) is 4.03. The second kappa shape index (κ2) is 8.32. The van der Waals surface area contributed by atoms with E-state index in [4.69, 9.17) is 11.6 Å². The minimum absolute atomic E-state index is 0.0634. The Hall–Kier alpha value is -2.60. The summed E-state index contributed by atoms with van der Waals surface area (Å²) in [6.07, 6.45) is -9.83. The Morgan fingerprint density at radius 1 is 1.12 bits per heavy atom. The van der Waals surface area contributed by atoms with Gasteiger partial charge in [0.2, 0.25) is 17.6 Å². The van der Waals surface area contributed by atoms with Gasteiger partial charge in [0, 0.05) is 34.8 Å². The van der Waals surface area contributed by atoms with Crippen LogP contribution in [-0.2, 0) is 18.8 Å². The summed E-state index contributed by atoms with van der Waals surface area (Å²) in [5.41, 5.74) is 2.21. The first kappa shape index (κ1) is 23.6. The van der Waals surface area contributed by atoms with Gasteiger partial charge < -0.3 is 15.0 Å². The van der Waals surface area contributed by atoms with Crippen LogP contribution in [0.1, 0.15) is 42.3 Å². The highest BCUT2D eigenvalue weighted by atomic mass is 35.5. The molecule has 3 aromatic rings. The fourth-order valence-corrected chi connectivity index (χ4v) is 4.20. The Kier molecular flexibility index (Phi) is 5.94. The Labute approximate surface area is 188 Å². The predicted octanol–water partition coefficient (Wildman–Crippen LogP) is 5.17. The maximum atomic E-state index is 13.3. The van der Waals surface area contributed by atoms with Crippen LogP contribution in [-0.4, -0.2) is 38.2 Å². The van der Waals surface area contributed by atoms with E-state index in [9.17, 15) is 31.4 Å². The minimum Gasteiger partial charge on any atom is -0.396 e. The summed E-state index contributed by atoms with van der Waals surface area (Å²) < 4.78 is 79.7. The summed E-state index contributed by atoms with van der Waals surface area (Å²) in [5.74, 6) is -4.85. The summed E-state index contributed by atoms with van der Waals surface area (Å²) in [7, 11) is 0. The number of fused-ring (bicyclic) bond motifs is 3. The number of anilines is 1. The van der Waals surface area contributed by atoms with E-state index in [1.54, 1.807) is 25.1 Å². The molecular weight excluding hydrogens is 476 g/mol.